The van der Waals surface area contributed by atoms with Crippen LogP contribution in [0.15, 0.2) is 22.7 Å². The predicted molar refractivity (Wildman–Crippen MR) is 64.8 cm³/mol. The number of nitrogens with one attached hydrogen (secondary N) is 1. The van der Waals surface area contributed by atoms with Gasteiger partial charge in [-0.2, -0.15) is 0 Å². The maximum Gasteiger partial charge on any atom is 0.255 e. The Morgan fingerprint density at radius 2 is 2.27 bits per heavy atom. The lowest BCUT2D eigenvalue weighted by molar-refractivity contribution is 0.0939. The van der Waals surface area contributed by atoms with Gasteiger partial charge in [-0.1, -0.05) is 22.0 Å². The second-order valence-electron chi connectivity index (χ2n) is 3.13. The van der Waals surface area contributed by atoms with Crippen LogP contribution in [0.4, 0.5) is 4.39 Å². The van der Waals surface area contributed by atoms with Gasteiger partial charge in [0.15, 0.2) is 0 Å². The van der Waals surface area contributed by atoms with Gasteiger partial charge in [-0.25, -0.2) is 4.39 Å². The number of hydrogen-bond donors (Lipinski definition) is 1. The minimum absolute atomic E-state index is 0.0380. The van der Waals surface area contributed by atoms with Crippen molar-refractivity contribution in [2.75, 3.05) is 5.33 Å². The first-order valence-corrected chi connectivity index (χ1v) is 6.28. The molecule has 1 rings (SSSR count). The topological polar surface area (TPSA) is 29.1 Å². The zero-order valence-electron chi connectivity index (χ0n) is 8.06. The van der Waals surface area contributed by atoms with Gasteiger partial charge in [0.25, 0.3) is 5.91 Å². The molecule has 0 aliphatic rings. The molecule has 1 aromatic rings. The van der Waals surface area contributed by atoms with E-state index in [2.05, 4.69) is 37.2 Å². The second-order valence-corrected chi connectivity index (χ2v) is 4.63. The van der Waals surface area contributed by atoms with Crippen LogP contribution in [-0.2, 0) is 0 Å². The molecule has 1 aromatic carbocycles. The molecule has 0 saturated heterocycles. The number of benzene rings is 1. The molecule has 0 aliphatic carbocycles. The van der Waals surface area contributed by atoms with Crippen molar-refractivity contribution >= 4 is 37.8 Å². The van der Waals surface area contributed by atoms with Crippen molar-refractivity contribution in [2.24, 2.45) is 0 Å². The van der Waals surface area contributed by atoms with Crippen molar-refractivity contribution in [3.05, 3.63) is 34.1 Å². The van der Waals surface area contributed by atoms with Crippen LogP contribution < -0.4 is 5.32 Å². The van der Waals surface area contributed by atoms with Crippen molar-refractivity contribution in [1.29, 1.82) is 0 Å². The Hall–Kier alpha value is -0.420. The van der Waals surface area contributed by atoms with Gasteiger partial charge in [0.2, 0.25) is 0 Å². The molecule has 0 heterocycles. The minimum Gasteiger partial charge on any atom is -0.349 e. The lowest BCUT2D eigenvalue weighted by atomic mass is 10.2. The van der Waals surface area contributed by atoms with Gasteiger partial charge in [0.1, 0.15) is 5.82 Å². The van der Waals surface area contributed by atoms with Crippen molar-refractivity contribution in [3.63, 3.8) is 0 Å². The second kappa shape index (κ2) is 5.61. The Kier molecular flexibility index (Phi) is 4.73. The lowest BCUT2D eigenvalue weighted by Crippen LogP contribution is -2.34. The smallest absolute Gasteiger partial charge is 0.255 e. The van der Waals surface area contributed by atoms with Crippen LogP contribution in [0.2, 0.25) is 0 Å². The molecular formula is C10H10Br2FNO. The first kappa shape index (κ1) is 12.6. The third kappa shape index (κ3) is 3.28. The summed E-state index contributed by atoms with van der Waals surface area (Å²) >= 11 is 6.38. The van der Waals surface area contributed by atoms with Crippen LogP contribution in [0.25, 0.3) is 0 Å². The van der Waals surface area contributed by atoms with Gasteiger partial charge < -0.3 is 5.32 Å². The Labute approximate surface area is 105 Å². The van der Waals surface area contributed by atoms with Crippen LogP contribution in [0.3, 0.4) is 0 Å². The van der Waals surface area contributed by atoms with E-state index in [9.17, 15) is 9.18 Å². The van der Waals surface area contributed by atoms with E-state index in [4.69, 9.17) is 0 Å². The third-order valence-corrected chi connectivity index (χ3v) is 3.43. The van der Waals surface area contributed by atoms with Crippen molar-refractivity contribution in [2.45, 2.75) is 13.0 Å². The quantitative estimate of drug-likeness (QED) is 0.843. The van der Waals surface area contributed by atoms with Crippen LogP contribution >= 0.6 is 31.9 Å². The molecule has 0 saturated carbocycles. The zero-order chi connectivity index (χ0) is 11.4. The minimum atomic E-state index is -0.524. The van der Waals surface area contributed by atoms with Crippen molar-refractivity contribution < 1.29 is 9.18 Å². The van der Waals surface area contributed by atoms with Crippen molar-refractivity contribution in [1.82, 2.24) is 5.32 Å². The Bertz CT molecular complexity index is 350. The summed E-state index contributed by atoms with van der Waals surface area (Å²) in [6.45, 7) is 1.83. The molecule has 1 atom stereocenters. The highest BCUT2D eigenvalue weighted by molar-refractivity contribution is 9.10. The van der Waals surface area contributed by atoms with Crippen LogP contribution in [0.5, 0.6) is 0 Å². The Morgan fingerprint density at radius 1 is 1.60 bits per heavy atom. The molecule has 0 radical (unpaired) electrons. The maximum atomic E-state index is 13.4. The first-order valence-electron chi connectivity index (χ1n) is 4.37. The van der Waals surface area contributed by atoms with E-state index in [1.165, 1.54) is 6.07 Å². The highest BCUT2D eigenvalue weighted by Crippen LogP contribution is 2.19. The van der Waals surface area contributed by atoms with Gasteiger partial charge in [-0.3, -0.25) is 4.79 Å². The number of carbonyl (C=O) groups excluding carboxylic acids is 1. The van der Waals surface area contributed by atoms with E-state index in [1.54, 1.807) is 12.1 Å². The average Bonchev–Trinajstić information content (AvgIpc) is 2.17. The number of carbonyl (C=O) groups is 1. The normalized spacial score (nSPS) is 12.3. The highest BCUT2D eigenvalue weighted by Gasteiger charge is 2.16. The molecule has 82 valence electrons. The molecule has 0 aromatic heterocycles. The average molecular weight is 339 g/mol. The summed E-state index contributed by atoms with van der Waals surface area (Å²) in [6, 6.07) is 4.41. The molecule has 5 heteroatoms. The van der Waals surface area contributed by atoms with Gasteiger partial charge >= 0.3 is 0 Å². The molecule has 0 fully saturated rings. The van der Waals surface area contributed by atoms with E-state index in [1.807, 2.05) is 6.92 Å². The monoisotopic (exact) mass is 337 g/mol. The fourth-order valence-corrected chi connectivity index (χ4v) is 1.73. The Balaban J connectivity index is 2.91. The molecule has 2 nitrogen and oxygen atoms in total. The predicted octanol–water partition coefficient (Wildman–Crippen LogP) is 3.10. The summed E-state index contributed by atoms with van der Waals surface area (Å²) in [4.78, 5) is 11.7. The van der Waals surface area contributed by atoms with Gasteiger partial charge in [-0.05, 0) is 35.0 Å². The van der Waals surface area contributed by atoms with Gasteiger partial charge in [0.05, 0.1) is 5.56 Å². The fraction of sp³-hybridized carbons (Fsp3) is 0.300. The standard InChI is InChI=1S/C10H10Br2FNO/c1-6(5-11)14-10(15)9-7(12)3-2-4-8(9)13/h2-4,6H,5H2,1H3,(H,14,15). The van der Waals surface area contributed by atoms with E-state index >= 15 is 0 Å². The molecule has 0 spiro atoms. The molecular weight excluding hydrogens is 329 g/mol. The van der Waals surface area contributed by atoms with E-state index in [-0.39, 0.29) is 11.6 Å². The first-order chi connectivity index (χ1) is 7.06. The number of rotatable bonds is 3. The molecule has 1 unspecified atom stereocenters. The SMILES string of the molecule is CC(CBr)NC(=O)c1c(F)cccc1Br. The number of amides is 1. The largest absolute Gasteiger partial charge is 0.349 e. The summed E-state index contributed by atoms with van der Waals surface area (Å²) in [6.07, 6.45) is 0. The van der Waals surface area contributed by atoms with E-state index in [0.29, 0.717) is 9.80 Å². The maximum absolute atomic E-state index is 13.4. The summed E-state index contributed by atoms with van der Waals surface area (Å²) in [5.74, 6) is -0.935. The van der Waals surface area contributed by atoms with E-state index in [0.717, 1.165) is 0 Å². The van der Waals surface area contributed by atoms with Crippen LogP contribution in [0, 0.1) is 5.82 Å². The van der Waals surface area contributed by atoms with Crippen molar-refractivity contribution in [3.8, 4) is 0 Å². The fourth-order valence-electron chi connectivity index (χ4n) is 1.05. The molecule has 0 bridgehead atoms. The lowest BCUT2D eigenvalue weighted by Gasteiger charge is -2.11. The van der Waals surface area contributed by atoms with Crippen LogP contribution in [-0.4, -0.2) is 17.3 Å². The summed E-state index contributed by atoms with van der Waals surface area (Å²) in [7, 11) is 0. The van der Waals surface area contributed by atoms with Crippen LogP contribution in [0.1, 0.15) is 17.3 Å². The van der Waals surface area contributed by atoms with E-state index < -0.39 is 11.7 Å². The molecule has 15 heavy (non-hydrogen) atoms. The summed E-state index contributed by atoms with van der Waals surface area (Å²) in [5.41, 5.74) is 0.0466. The Morgan fingerprint density at radius 3 is 2.80 bits per heavy atom. The molecule has 1 amide bonds. The number of halogens is 3. The summed E-state index contributed by atoms with van der Waals surface area (Å²) < 4.78 is 13.8. The number of alkyl halides is 1. The molecule has 0 aliphatic heterocycles. The summed E-state index contributed by atoms with van der Waals surface area (Å²) in [5, 5.41) is 3.30. The number of hydrogen-bond acceptors (Lipinski definition) is 1. The highest BCUT2D eigenvalue weighted by atomic mass is 79.9. The third-order valence-electron chi connectivity index (χ3n) is 1.80. The zero-order valence-corrected chi connectivity index (χ0v) is 11.2. The van der Waals surface area contributed by atoms with Gasteiger partial charge in [-0.15, -0.1) is 0 Å². The van der Waals surface area contributed by atoms with Gasteiger partial charge in [0, 0.05) is 15.8 Å². The molecule has 1 N–H and O–H groups in total.